The molecule has 0 saturated carbocycles. The molecule has 0 saturated heterocycles. The highest BCUT2D eigenvalue weighted by molar-refractivity contribution is 5.98. The Labute approximate surface area is 249 Å². The molecule has 5 rings (SSSR count). The van der Waals surface area contributed by atoms with E-state index in [9.17, 15) is 4.79 Å². The molecule has 2 aliphatic rings. The summed E-state index contributed by atoms with van der Waals surface area (Å²) in [5.74, 6) is 0. The van der Waals surface area contributed by atoms with Gasteiger partial charge in [-0.05, 0) is 116 Å². The minimum absolute atomic E-state index is 0.797. The van der Waals surface area contributed by atoms with Crippen LogP contribution in [0.15, 0.2) is 42.5 Å². The van der Waals surface area contributed by atoms with Crippen LogP contribution < -0.4 is 0 Å². The highest BCUT2D eigenvalue weighted by Gasteiger charge is 2.27. The zero-order valence-corrected chi connectivity index (χ0v) is 26.1. The molecular weight excluding hydrogens is 516 g/mol. The molecule has 3 aromatic rings. The smallest absolute Gasteiger partial charge is 0.142 e. The predicted octanol–water partition coefficient (Wildman–Crippen LogP) is 9.59. The van der Waals surface area contributed by atoms with E-state index in [1.807, 2.05) is 6.08 Å². The Morgan fingerprint density at radius 2 is 1.26 bits per heavy atom. The van der Waals surface area contributed by atoms with E-state index in [2.05, 4.69) is 81.8 Å². The highest BCUT2D eigenvalue weighted by atomic mass is 16.1. The summed E-state index contributed by atoms with van der Waals surface area (Å²) in [7, 11) is 0. The average molecular weight is 561 g/mol. The minimum atomic E-state index is 0.797. The van der Waals surface area contributed by atoms with Gasteiger partial charge in [0.2, 0.25) is 0 Å². The van der Waals surface area contributed by atoms with Crippen LogP contribution in [0.2, 0.25) is 0 Å². The van der Waals surface area contributed by atoms with Gasteiger partial charge in [-0.15, -0.1) is 0 Å². The lowest BCUT2D eigenvalue weighted by atomic mass is 9.91. The zero-order valence-electron chi connectivity index (χ0n) is 26.1. The lowest BCUT2D eigenvalue weighted by Crippen LogP contribution is -1.98. The molecule has 0 atom stereocenters. The maximum atomic E-state index is 10.9. The van der Waals surface area contributed by atoms with Crippen LogP contribution in [0.4, 0.5) is 0 Å². The van der Waals surface area contributed by atoms with Gasteiger partial charge in [0.05, 0.1) is 22.8 Å². The van der Waals surface area contributed by atoms with Crippen molar-refractivity contribution in [3.05, 3.63) is 81.9 Å². The number of rotatable bonds is 10. The van der Waals surface area contributed by atoms with Crippen molar-refractivity contribution in [2.75, 3.05) is 0 Å². The lowest BCUT2D eigenvalue weighted by molar-refractivity contribution is -0.104. The summed E-state index contributed by atoms with van der Waals surface area (Å²) in [6.07, 6.45) is 11.5. The van der Waals surface area contributed by atoms with Crippen LogP contribution in [0.5, 0.6) is 0 Å². The SMILES string of the molecule is CCC1=C(CC/C=C/C=O)c2cc3ccc(cc4cc(CC)c([nH]4)c(CC)c4nc(c(CC)c1n2)C(CC)=C4CC)[nH]3. The van der Waals surface area contributed by atoms with Crippen LogP contribution in [0.25, 0.3) is 44.4 Å². The van der Waals surface area contributed by atoms with Crippen LogP contribution in [0.3, 0.4) is 0 Å². The fourth-order valence-corrected chi connectivity index (χ4v) is 6.72. The van der Waals surface area contributed by atoms with Crippen LogP contribution in [-0.2, 0) is 24.1 Å². The normalized spacial score (nSPS) is 13.6. The van der Waals surface area contributed by atoms with E-state index in [1.165, 1.54) is 44.5 Å². The van der Waals surface area contributed by atoms with Crippen molar-refractivity contribution < 1.29 is 4.79 Å². The number of aryl methyl sites for hydroxylation is 2. The topological polar surface area (TPSA) is 74.4 Å². The summed E-state index contributed by atoms with van der Waals surface area (Å²) in [6, 6.07) is 10.9. The monoisotopic (exact) mass is 560 g/mol. The second-order valence-corrected chi connectivity index (χ2v) is 11.0. The van der Waals surface area contributed by atoms with E-state index in [1.54, 1.807) is 6.08 Å². The van der Waals surface area contributed by atoms with Gasteiger partial charge < -0.3 is 9.97 Å². The van der Waals surface area contributed by atoms with Crippen LogP contribution in [0.1, 0.15) is 113 Å². The second-order valence-electron chi connectivity index (χ2n) is 11.0. The number of aromatic amines is 2. The summed E-state index contributed by atoms with van der Waals surface area (Å²) in [4.78, 5) is 29.2. The average Bonchev–Trinajstić information content (AvgIpc) is 3.77. The van der Waals surface area contributed by atoms with E-state index < -0.39 is 0 Å². The quantitative estimate of drug-likeness (QED) is 0.191. The first-order valence-corrected chi connectivity index (χ1v) is 15.8. The summed E-state index contributed by atoms with van der Waals surface area (Å²) in [5, 5.41) is 0. The van der Waals surface area contributed by atoms with Gasteiger partial charge in [0, 0.05) is 33.2 Å². The summed E-state index contributed by atoms with van der Waals surface area (Å²) < 4.78 is 0. The van der Waals surface area contributed by atoms with Crippen LogP contribution in [0, 0.1) is 0 Å². The molecule has 0 aliphatic carbocycles. The van der Waals surface area contributed by atoms with Crippen molar-refractivity contribution in [3.63, 3.8) is 0 Å². The number of aldehydes is 1. The van der Waals surface area contributed by atoms with E-state index in [0.717, 1.165) is 97.0 Å². The number of hydrogen-bond acceptors (Lipinski definition) is 3. The fraction of sp³-hybridized carbons (Fsp3) is 0.378. The largest absolute Gasteiger partial charge is 0.355 e. The first-order chi connectivity index (χ1) is 20.5. The Morgan fingerprint density at radius 3 is 1.88 bits per heavy atom. The zero-order chi connectivity index (χ0) is 29.8. The Balaban J connectivity index is 1.97. The van der Waals surface area contributed by atoms with Gasteiger partial charge in [-0.25, -0.2) is 9.97 Å². The van der Waals surface area contributed by atoms with Crippen molar-refractivity contribution in [1.29, 1.82) is 0 Å². The van der Waals surface area contributed by atoms with Gasteiger partial charge in [-0.2, -0.15) is 0 Å². The molecule has 0 spiro atoms. The Bertz CT molecular complexity index is 1760. The third-order valence-corrected chi connectivity index (χ3v) is 8.69. The number of carbonyl (C=O) groups excluding carboxylic acids is 1. The molecule has 5 heteroatoms. The van der Waals surface area contributed by atoms with Crippen LogP contribution >= 0.6 is 0 Å². The van der Waals surface area contributed by atoms with E-state index >= 15 is 0 Å². The second kappa shape index (κ2) is 12.9. The van der Waals surface area contributed by atoms with Crippen molar-refractivity contribution in [2.24, 2.45) is 0 Å². The number of nitrogens with zero attached hydrogens (tertiary/aromatic N) is 2. The molecule has 0 amide bonds. The Kier molecular flexibility index (Phi) is 9.06. The predicted molar refractivity (Wildman–Crippen MR) is 178 cm³/mol. The molecule has 5 nitrogen and oxygen atoms in total. The summed E-state index contributed by atoms with van der Waals surface area (Å²) in [5.41, 5.74) is 17.9. The van der Waals surface area contributed by atoms with E-state index in [0.29, 0.717) is 0 Å². The number of aromatic nitrogens is 4. The van der Waals surface area contributed by atoms with Gasteiger partial charge in [0.1, 0.15) is 6.29 Å². The number of fused-ring (bicyclic) bond motifs is 8. The van der Waals surface area contributed by atoms with Gasteiger partial charge >= 0.3 is 0 Å². The van der Waals surface area contributed by atoms with Gasteiger partial charge in [0.15, 0.2) is 0 Å². The lowest BCUT2D eigenvalue weighted by Gasteiger charge is -2.11. The molecule has 0 radical (unpaired) electrons. The molecule has 3 aromatic heterocycles. The Morgan fingerprint density at radius 1 is 0.643 bits per heavy atom. The molecule has 0 aromatic carbocycles. The van der Waals surface area contributed by atoms with Crippen molar-refractivity contribution in [1.82, 2.24) is 19.9 Å². The molecule has 42 heavy (non-hydrogen) atoms. The maximum absolute atomic E-state index is 10.9. The van der Waals surface area contributed by atoms with Gasteiger partial charge in [-0.3, -0.25) is 4.79 Å². The molecule has 0 unspecified atom stereocenters. The first kappa shape index (κ1) is 29.5. The first-order valence-electron chi connectivity index (χ1n) is 15.8. The van der Waals surface area contributed by atoms with Crippen LogP contribution in [-0.4, -0.2) is 26.2 Å². The van der Waals surface area contributed by atoms with Crippen molar-refractivity contribution in [3.8, 4) is 0 Å². The molecule has 2 aliphatic heterocycles. The summed E-state index contributed by atoms with van der Waals surface area (Å²) >= 11 is 0. The molecule has 8 bridgehead atoms. The van der Waals surface area contributed by atoms with Gasteiger partial charge in [0.25, 0.3) is 0 Å². The third-order valence-electron chi connectivity index (χ3n) is 8.69. The maximum Gasteiger partial charge on any atom is 0.142 e. The molecule has 0 fully saturated rings. The number of allylic oxidation sites excluding steroid dienone is 6. The summed E-state index contributed by atoms with van der Waals surface area (Å²) in [6.45, 7) is 13.5. The standard InChI is InChI=1S/C37H44N4O/c1-7-23-20-26-21-24-17-18-25(38-24)22-33-32(16-14-13-15-19-42)29(10-4)35(40-33)31(12-6)37-28(9-3)27(8-2)36(41-37)30(11-5)34(23)39-26/h13,15,17-22,38-39H,7-12,14,16H2,1-6H3/b15-13+,24-21?,25-22?,26-21?,33-22?,34-30?,35-31?,36-30?,37-31?. The fourth-order valence-electron chi connectivity index (χ4n) is 6.72. The number of H-pyrrole nitrogens is 2. The molecule has 218 valence electrons. The highest BCUT2D eigenvalue weighted by Crippen LogP contribution is 2.42. The number of hydrogen-bond donors (Lipinski definition) is 2. The minimum Gasteiger partial charge on any atom is -0.355 e. The van der Waals surface area contributed by atoms with Crippen molar-refractivity contribution >= 4 is 50.6 Å². The van der Waals surface area contributed by atoms with Crippen molar-refractivity contribution in [2.45, 2.75) is 92.9 Å². The van der Waals surface area contributed by atoms with E-state index in [-0.39, 0.29) is 0 Å². The third kappa shape index (κ3) is 5.33. The molecule has 5 heterocycles. The molecular formula is C37H44N4O. The number of nitrogens with one attached hydrogen (secondary N) is 2. The van der Waals surface area contributed by atoms with Gasteiger partial charge in [-0.1, -0.05) is 47.6 Å². The number of carbonyl (C=O) groups is 1. The van der Waals surface area contributed by atoms with E-state index in [4.69, 9.17) is 9.97 Å². The Hall–Kier alpha value is -3.99. The molecule has 2 N–H and O–H groups in total.